The standard InChI is InChI=1S/C16H15NO2.H2/c17-15(11-18)10-12-6-8-14(9-7-12)16(19)13-4-2-1-3-5-13;/h1-9,11,15H,10,17H2;1H/t15-;/m0./s1. The second kappa shape index (κ2) is 6.07. The first-order valence-corrected chi connectivity index (χ1v) is 6.10. The molecule has 0 unspecified atom stereocenters. The Hall–Kier alpha value is -2.26. The quantitative estimate of drug-likeness (QED) is 0.658. The molecule has 2 N–H and O–H groups in total. The molecule has 0 aromatic heterocycles. The Balaban J connectivity index is 0.00000200. The Kier molecular flexibility index (Phi) is 4.21. The van der Waals surface area contributed by atoms with Crippen molar-refractivity contribution < 1.29 is 11.0 Å². The van der Waals surface area contributed by atoms with Gasteiger partial charge < -0.3 is 10.5 Å². The van der Waals surface area contributed by atoms with E-state index in [0.29, 0.717) is 17.5 Å². The zero-order valence-electron chi connectivity index (χ0n) is 10.5. The van der Waals surface area contributed by atoms with Gasteiger partial charge in [0, 0.05) is 12.6 Å². The largest absolute Gasteiger partial charge is 0.321 e. The Morgan fingerprint density at radius 3 is 2.21 bits per heavy atom. The van der Waals surface area contributed by atoms with Crippen LogP contribution in [0.4, 0.5) is 0 Å². The van der Waals surface area contributed by atoms with Gasteiger partial charge in [0.05, 0.1) is 6.04 Å². The maximum absolute atomic E-state index is 12.2. The van der Waals surface area contributed by atoms with Crippen molar-refractivity contribution in [2.75, 3.05) is 0 Å². The normalized spacial score (nSPS) is 11.8. The third kappa shape index (κ3) is 3.36. The van der Waals surface area contributed by atoms with Crippen molar-refractivity contribution in [1.82, 2.24) is 0 Å². The average Bonchev–Trinajstić information content (AvgIpc) is 2.48. The number of rotatable bonds is 5. The molecule has 0 amide bonds. The van der Waals surface area contributed by atoms with Gasteiger partial charge >= 0.3 is 0 Å². The van der Waals surface area contributed by atoms with Gasteiger partial charge in [-0.05, 0) is 12.0 Å². The lowest BCUT2D eigenvalue weighted by atomic mass is 10.00. The molecule has 3 heteroatoms. The molecule has 1 atom stereocenters. The van der Waals surface area contributed by atoms with Gasteiger partial charge in [0.25, 0.3) is 0 Å². The van der Waals surface area contributed by atoms with E-state index in [-0.39, 0.29) is 7.21 Å². The van der Waals surface area contributed by atoms with Gasteiger partial charge in [-0.25, -0.2) is 0 Å². The van der Waals surface area contributed by atoms with Crippen LogP contribution in [-0.2, 0) is 11.2 Å². The summed E-state index contributed by atoms with van der Waals surface area (Å²) in [6.07, 6.45) is 1.21. The lowest BCUT2D eigenvalue weighted by Gasteiger charge is -2.05. The smallest absolute Gasteiger partial charge is 0.193 e. The summed E-state index contributed by atoms with van der Waals surface area (Å²) in [5.74, 6) is -0.00756. The molecule has 0 radical (unpaired) electrons. The second-order valence-electron chi connectivity index (χ2n) is 4.40. The number of carbonyl (C=O) groups is 2. The monoisotopic (exact) mass is 255 g/mol. The van der Waals surface area contributed by atoms with Crippen LogP contribution in [0.1, 0.15) is 22.9 Å². The number of nitrogens with two attached hydrogens (primary N) is 1. The van der Waals surface area contributed by atoms with Crippen molar-refractivity contribution in [2.45, 2.75) is 12.5 Å². The van der Waals surface area contributed by atoms with Gasteiger partial charge in [-0.2, -0.15) is 0 Å². The maximum Gasteiger partial charge on any atom is 0.193 e. The van der Waals surface area contributed by atoms with E-state index in [0.717, 1.165) is 11.8 Å². The number of hydrogen-bond donors (Lipinski definition) is 1. The van der Waals surface area contributed by atoms with E-state index >= 15 is 0 Å². The van der Waals surface area contributed by atoms with Crippen LogP contribution in [0.25, 0.3) is 0 Å². The fourth-order valence-electron chi connectivity index (χ4n) is 1.87. The first-order valence-electron chi connectivity index (χ1n) is 6.10. The molecule has 2 rings (SSSR count). The number of carbonyl (C=O) groups excluding carboxylic acids is 2. The van der Waals surface area contributed by atoms with E-state index in [1.165, 1.54) is 0 Å². The van der Waals surface area contributed by atoms with Crippen LogP contribution in [0.2, 0.25) is 0 Å². The maximum atomic E-state index is 12.2. The summed E-state index contributed by atoms with van der Waals surface area (Å²) < 4.78 is 0. The average molecular weight is 255 g/mol. The number of aldehydes is 1. The first kappa shape index (κ1) is 13.2. The fraction of sp³-hybridized carbons (Fsp3) is 0.125. The predicted molar refractivity (Wildman–Crippen MR) is 76.2 cm³/mol. The molecule has 0 bridgehead atoms. The number of ketones is 1. The molecule has 19 heavy (non-hydrogen) atoms. The summed E-state index contributed by atoms with van der Waals surface area (Å²) in [5, 5.41) is 0. The molecule has 0 spiro atoms. The van der Waals surface area contributed by atoms with Crippen LogP contribution in [0.5, 0.6) is 0 Å². The zero-order chi connectivity index (χ0) is 13.7. The molecule has 98 valence electrons. The van der Waals surface area contributed by atoms with Crippen LogP contribution >= 0.6 is 0 Å². The predicted octanol–water partition coefficient (Wildman–Crippen LogP) is 2.23. The molecule has 0 heterocycles. The zero-order valence-corrected chi connectivity index (χ0v) is 10.5. The molecule has 0 aliphatic rings. The van der Waals surface area contributed by atoms with Crippen molar-refractivity contribution in [3.8, 4) is 0 Å². The van der Waals surface area contributed by atoms with Crippen LogP contribution in [0, 0.1) is 0 Å². The highest BCUT2D eigenvalue weighted by molar-refractivity contribution is 6.08. The Bertz CT molecular complexity index is 567. The number of hydrogen-bond acceptors (Lipinski definition) is 3. The summed E-state index contributed by atoms with van der Waals surface area (Å²) in [6.45, 7) is 0. The van der Waals surface area contributed by atoms with Gasteiger partial charge in [-0.1, -0.05) is 54.6 Å². The van der Waals surface area contributed by atoms with Crippen molar-refractivity contribution >= 4 is 12.1 Å². The highest BCUT2D eigenvalue weighted by Crippen LogP contribution is 2.11. The van der Waals surface area contributed by atoms with Crippen LogP contribution < -0.4 is 5.73 Å². The van der Waals surface area contributed by atoms with Crippen molar-refractivity contribution in [3.63, 3.8) is 0 Å². The third-order valence-electron chi connectivity index (χ3n) is 2.90. The minimum absolute atomic E-state index is 0. The van der Waals surface area contributed by atoms with E-state index < -0.39 is 6.04 Å². The van der Waals surface area contributed by atoms with Gasteiger partial charge in [-0.15, -0.1) is 0 Å². The van der Waals surface area contributed by atoms with E-state index in [2.05, 4.69) is 0 Å². The van der Waals surface area contributed by atoms with Crippen LogP contribution in [0.15, 0.2) is 54.6 Å². The summed E-state index contributed by atoms with van der Waals surface area (Å²) in [6, 6.07) is 15.8. The minimum Gasteiger partial charge on any atom is -0.321 e. The highest BCUT2D eigenvalue weighted by Gasteiger charge is 2.08. The summed E-state index contributed by atoms with van der Waals surface area (Å²) in [4.78, 5) is 22.6. The molecular formula is C16H17NO2. The topological polar surface area (TPSA) is 60.2 Å². The van der Waals surface area contributed by atoms with E-state index in [1.807, 2.05) is 30.3 Å². The van der Waals surface area contributed by atoms with Crippen LogP contribution in [-0.4, -0.2) is 18.1 Å². The van der Waals surface area contributed by atoms with E-state index in [1.54, 1.807) is 24.3 Å². The fourth-order valence-corrected chi connectivity index (χ4v) is 1.87. The Morgan fingerprint density at radius 2 is 1.63 bits per heavy atom. The summed E-state index contributed by atoms with van der Waals surface area (Å²) in [5.41, 5.74) is 7.81. The molecule has 3 nitrogen and oxygen atoms in total. The van der Waals surface area contributed by atoms with Gasteiger partial charge in [0.15, 0.2) is 5.78 Å². The Morgan fingerprint density at radius 1 is 1.05 bits per heavy atom. The second-order valence-corrected chi connectivity index (χ2v) is 4.40. The molecule has 0 saturated heterocycles. The summed E-state index contributed by atoms with van der Waals surface area (Å²) >= 11 is 0. The number of benzene rings is 2. The molecule has 2 aromatic carbocycles. The lowest BCUT2D eigenvalue weighted by molar-refractivity contribution is -0.108. The SMILES string of the molecule is N[C@H](C=O)Cc1ccc(C(=O)c2ccccc2)cc1.[HH]. The first-order chi connectivity index (χ1) is 9.20. The Labute approximate surface area is 113 Å². The van der Waals surface area contributed by atoms with Gasteiger partial charge in [0.1, 0.15) is 6.29 Å². The molecular weight excluding hydrogens is 238 g/mol. The molecule has 0 fully saturated rings. The van der Waals surface area contributed by atoms with E-state index in [9.17, 15) is 9.59 Å². The molecule has 0 aliphatic carbocycles. The van der Waals surface area contributed by atoms with Gasteiger partial charge in [-0.3, -0.25) is 4.79 Å². The van der Waals surface area contributed by atoms with Gasteiger partial charge in [0.2, 0.25) is 0 Å². The highest BCUT2D eigenvalue weighted by atomic mass is 16.1. The van der Waals surface area contributed by atoms with Crippen molar-refractivity contribution in [1.29, 1.82) is 0 Å². The third-order valence-corrected chi connectivity index (χ3v) is 2.90. The minimum atomic E-state index is -0.490. The molecule has 0 saturated carbocycles. The van der Waals surface area contributed by atoms with Crippen molar-refractivity contribution in [3.05, 3.63) is 71.3 Å². The summed E-state index contributed by atoms with van der Waals surface area (Å²) in [7, 11) is 0. The van der Waals surface area contributed by atoms with Crippen molar-refractivity contribution in [2.24, 2.45) is 5.73 Å². The van der Waals surface area contributed by atoms with E-state index in [4.69, 9.17) is 5.73 Å². The molecule has 2 aromatic rings. The molecule has 0 aliphatic heterocycles. The van der Waals surface area contributed by atoms with Crippen LogP contribution in [0.3, 0.4) is 0 Å². The lowest BCUT2D eigenvalue weighted by Crippen LogP contribution is -2.24.